The number of benzene rings is 2. The van der Waals surface area contributed by atoms with Crippen molar-refractivity contribution in [2.45, 2.75) is 30.9 Å². The molecule has 9 heteroatoms. The first-order valence-electron chi connectivity index (χ1n) is 10.7. The average Bonchev–Trinajstić information content (AvgIpc) is 2.81. The third-order valence-electron chi connectivity index (χ3n) is 5.95. The number of hydrogen-bond donors (Lipinski definition) is 2. The highest BCUT2D eigenvalue weighted by Gasteiger charge is 2.37. The van der Waals surface area contributed by atoms with Crippen LogP contribution in [0.3, 0.4) is 0 Å². The highest BCUT2D eigenvalue weighted by molar-refractivity contribution is 14.0. The molecule has 1 heterocycles. The molecule has 2 aromatic carbocycles. The van der Waals surface area contributed by atoms with Gasteiger partial charge in [0, 0.05) is 38.8 Å². The van der Waals surface area contributed by atoms with Crippen molar-refractivity contribution < 1.29 is 22.6 Å². The standard InChI is InChI=1S/C24H30F3N3O2.HI/c1-28-22(29-13-10-18-6-3-4-9-21(18)31-2)30-17-23(11-14-32-15-12-23)19-7-5-8-20(16-19)24(25,26)27;/h3-9,16H,10-15,17H2,1-2H3,(H2,28,29,30);1H. The summed E-state index contributed by atoms with van der Waals surface area (Å²) in [6.45, 7) is 2.13. The van der Waals surface area contributed by atoms with Gasteiger partial charge in [0.1, 0.15) is 5.75 Å². The van der Waals surface area contributed by atoms with Crippen LogP contribution >= 0.6 is 24.0 Å². The Morgan fingerprint density at radius 1 is 1.09 bits per heavy atom. The number of ether oxygens (including phenoxy) is 2. The number of hydrogen-bond acceptors (Lipinski definition) is 3. The van der Waals surface area contributed by atoms with E-state index in [2.05, 4.69) is 15.6 Å². The van der Waals surface area contributed by atoms with Gasteiger partial charge in [0.05, 0.1) is 12.7 Å². The maximum absolute atomic E-state index is 13.3. The molecule has 0 radical (unpaired) electrons. The number of para-hydroxylation sites is 1. The lowest BCUT2D eigenvalue weighted by atomic mass is 9.73. The summed E-state index contributed by atoms with van der Waals surface area (Å²) in [7, 11) is 3.33. The third kappa shape index (κ3) is 7.23. The second-order valence-corrected chi connectivity index (χ2v) is 7.89. The molecule has 0 unspecified atom stereocenters. The van der Waals surface area contributed by atoms with E-state index < -0.39 is 17.2 Å². The van der Waals surface area contributed by atoms with E-state index in [1.54, 1.807) is 20.2 Å². The van der Waals surface area contributed by atoms with E-state index in [1.165, 1.54) is 12.1 Å². The summed E-state index contributed by atoms with van der Waals surface area (Å²) in [5.41, 5.74) is 0.676. The van der Waals surface area contributed by atoms with Crippen LogP contribution < -0.4 is 15.4 Å². The van der Waals surface area contributed by atoms with E-state index in [9.17, 15) is 13.2 Å². The van der Waals surface area contributed by atoms with Gasteiger partial charge in [-0.25, -0.2) is 0 Å². The van der Waals surface area contributed by atoms with E-state index in [0.717, 1.165) is 23.8 Å². The van der Waals surface area contributed by atoms with Crippen LogP contribution in [0.2, 0.25) is 0 Å². The molecule has 1 saturated heterocycles. The van der Waals surface area contributed by atoms with Crippen LogP contribution in [-0.4, -0.2) is 46.4 Å². The normalized spacial score (nSPS) is 16.0. The van der Waals surface area contributed by atoms with Crippen LogP contribution in [0.25, 0.3) is 0 Å². The lowest BCUT2D eigenvalue weighted by Gasteiger charge is -2.38. The van der Waals surface area contributed by atoms with E-state index in [1.807, 2.05) is 24.3 Å². The molecule has 0 amide bonds. The van der Waals surface area contributed by atoms with Crippen molar-refractivity contribution >= 4 is 29.9 Å². The van der Waals surface area contributed by atoms with E-state index in [0.29, 0.717) is 50.7 Å². The van der Waals surface area contributed by atoms with Gasteiger partial charge in [-0.15, -0.1) is 24.0 Å². The van der Waals surface area contributed by atoms with E-state index >= 15 is 0 Å². The number of nitrogens with zero attached hydrogens (tertiary/aromatic N) is 1. The van der Waals surface area contributed by atoms with Gasteiger partial charge < -0.3 is 20.1 Å². The molecular formula is C24H31F3IN3O2. The van der Waals surface area contributed by atoms with Gasteiger partial charge in [-0.05, 0) is 42.5 Å². The number of nitrogens with one attached hydrogen (secondary N) is 2. The Bertz CT molecular complexity index is 916. The van der Waals surface area contributed by atoms with Crippen molar-refractivity contribution in [1.29, 1.82) is 0 Å². The summed E-state index contributed by atoms with van der Waals surface area (Å²) < 4.78 is 50.7. The number of alkyl halides is 3. The molecule has 182 valence electrons. The summed E-state index contributed by atoms with van der Waals surface area (Å²) >= 11 is 0. The Kier molecular flexibility index (Phi) is 10.3. The monoisotopic (exact) mass is 577 g/mol. The highest BCUT2D eigenvalue weighted by atomic mass is 127. The summed E-state index contributed by atoms with van der Waals surface area (Å²) in [6.07, 6.45) is -2.34. The highest BCUT2D eigenvalue weighted by Crippen LogP contribution is 2.37. The predicted octanol–water partition coefficient (Wildman–Crippen LogP) is 4.79. The summed E-state index contributed by atoms with van der Waals surface area (Å²) in [4.78, 5) is 4.28. The summed E-state index contributed by atoms with van der Waals surface area (Å²) in [6, 6.07) is 13.5. The SMILES string of the molecule is CN=C(NCCc1ccccc1OC)NCC1(c2cccc(C(F)(F)F)c2)CCOCC1.I. The molecule has 1 fully saturated rings. The number of rotatable bonds is 7. The molecule has 0 saturated carbocycles. The van der Waals surface area contributed by atoms with Crippen LogP contribution in [0.15, 0.2) is 53.5 Å². The zero-order valence-corrected chi connectivity index (χ0v) is 21.2. The van der Waals surface area contributed by atoms with Gasteiger partial charge in [0.15, 0.2) is 5.96 Å². The van der Waals surface area contributed by atoms with Gasteiger partial charge in [-0.3, -0.25) is 4.99 Å². The number of methoxy groups -OCH3 is 1. The molecular weight excluding hydrogens is 546 g/mol. The van der Waals surface area contributed by atoms with Gasteiger partial charge in [0.2, 0.25) is 0 Å². The van der Waals surface area contributed by atoms with Crippen molar-refractivity contribution in [2.75, 3.05) is 40.5 Å². The lowest BCUT2D eigenvalue weighted by Crippen LogP contribution is -2.48. The van der Waals surface area contributed by atoms with E-state index in [4.69, 9.17) is 9.47 Å². The maximum Gasteiger partial charge on any atom is 0.416 e. The lowest BCUT2D eigenvalue weighted by molar-refractivity contribution is -0.137. The first kappa shape index (κ1) is 27.2. The molecule has 5 nitrogen and oxygen atoms in total. The zero-order valence-electron chi connectivity index (χ0n) is 18.9. The van der Waals surface area contributed by atoms with Gasteiger partial charge in [-0.1, -0.05) is 36.4 Å². The van der Waals surface area contributed by atoms with Crippen LogP contribution in [-0.2, 0) is 22.7 Å². The molecule has 0 spiro atoms. The van der Waals surface area contributed by atoms with E-state index in [-0.39, 0.29) is 24.0 Å². The topological polar surface area (TPSA) is 54.9 Å². The van der Waals surface area contributed by atoms with Crippen molar-refractivity contribution in [3.8, 4) is 5.75 Å². The van der Waals surface area contributed by atoms with Crippen molar-refractivity contribution in [2.24, 2.45) is 4.99 Å². The fourth-order valence-corrected chi connectivity index (χ4v) is 4.05. The zero-order chi connectivity index (χ0) is 23.0. The minimum atomic E-state index is -4.37. The van der Waals surface area contributed by atoms with Crippen molar-refractivity contribution in [1.82, 2.24) is 10.6 Å². The number of halogens is 4. The molecule has 0 aromatic heterocycles. The molecule has 0 bridgehead atoms. The van der Waals surface area contributed by atoms with Crippen molar-refractivity contribution in [3.05, 3.63) is 65.2 Å². The van der Waals surface area contributed by atoms with Crippen LogP contribution in [0.5, 0.6) is 5.75 Å². The third-order valence-corrected chi connectivity index (χ3v) is 5.95. The van der Waals surface area contributed by atoms with Crippen molar-refractivity contribution in [3.63, 3.8) is 0 Å². The molecule has 1 aliphatic rings. The summed E-state index contributed by atoms with van der Waals surface area (Å²) in [5, 5.41) is 6.61. The average molecular weight is 577 g/mol. The molecule has 2 aromatic rings. The largest absolute Gasteiger partial charge is 0.496 e. The fourth-order valence-electron chi connectivity index (χ4n) is 4.05. The Morgan fingerprint density at radius 2 is 1.82 bits per heavy atom. The number of guanidine groups is 1. The first-order valence-corrected chi connectivity index (χ1v) is 10.7. The minimum Gasteiger partial charge on any atom is -0.496 e. The Labute approximate surface area is 210 Å². The second-order valence-electron chi connectivity index (χ2n) is 7.89. The molecule has 1 aliphatic heterocycles. The Morgan fingerprint density at radius 3 is 2.48 bits per heavy atom. The van der Waals surface area contributed by atoms with Gasteiger partial charge in [-0.2, -0.15) is 13.2 Å². The second kappa shape index (κ2) is 12.5. The Hall–Kier alpha value is -2.01. The molecule has 0 aliphatic carbocycles. The van der Waals surface area contributed by atoms with Crippen LogP contribution in [0.4, 0.5) is 13.2 Å². The smallest absolute Gasteiger partial charge is 0.416 e. The van der Waals surface area contributed by atoms with Crippen LogP contribution in [0, 0.1) is 0 Å². The minimum absolute atomic E-state index is 0. The fraction of sp³-hybridized carbons (Fsp3) is 0.458. The van der Waals surface area contributed by atoms with Gasteiger partial charge in [0.25, 0.3) is 0 Å². The Balaban J connectivity index is 0.00000385. The van der Waals surface area contributed by atoms with Gasteiger partial charge >= 0.3 is 6.18 Å². The molecule has 2 N–H and O–H groups in total. The predicted molar refractivity (Wildman–Crippen MR) is 135 cm³/mol. The van der Waals surface area contributed by atoms with Crippen LogP contribution in [0.1, 0.15) is 29.5 Å². The first-order chi connectivity index (χ1) is 15.4. The molecule has 0 atom stereocenters. The summed E-state index contributed by atoms with van der Waals surface area (Å²) in [5.74, 6) is 1.45. The molecule has 33 heavy (non-hydrogen) atoms. The molecule has 3 rings (SSSR count). The maximum atomic E-state index is 13.3. The number of aliphatic imine (C=N–C) groups is 1. The quantitative estimate of drug-likeness (QED) is 0.283.